The highest BCUT2D eigenvalue weighted by atomic mass is 19.4. The number of alkyl halides is 3. The molecule has 10 heteroatoms. The summed E-state index contributed by atoms with van der Waals surface area (Å²) >= 11 is 0. The topological polar surface area (TPSA) is 80.5 Å². The fraction of sp³-hybridized carbons (Fsp3) is 0.850. The summed E-state index contributed by atoms with van der Waals surface area (Å²) in [5.41, 5.74) is 2.62. The lowest BCUT2D eigenvalue weighted by Crippen LogP contribution is -2.47. The second-order valence-corrected chi connectivity index (χ2v) is 8.92. The fourth-order valence-electron chi connectivity index (χ4n) is 4.06. The first-order valence-corrected chi connectivity index (χ1v) is 10.9. The summed E-state index contributed by atoms with van der Waals surface area (Å²) in [5.74, 6) is -1.07. The highest BCUT2D eigenvalue weighted by Crippen LogP contribution is 2.38. The summed E-state index contributed by atoms with van der Waals surface area (Å²) < 4.78 is 40.0. The number of aromatic nitrogens is 3. The number of ether oxygens (including phenoxy) is 1. The molecule has 1 unspecified atom stereocenters. The second-order valence-electron chi connectivity index (χ2n) is 8.92. The van der Waals surface area contributed by atoms with Gasteiger partial charge in [-0.2, -0.15) is 13.2 Å². The lowest BCUT2D eigenvalue weighted by molar-refractivity contribution is -0.192. The van der Waals surface area contributed by atoms with E-state index in [9.17, 15) is 13.2 Å². The van der Waals surface area contributed by atoms with Gasteiger partial charge in [-0.25, -0.2) is 9.48 Å². The van der Waals surface area contributed by atoms with Gasteiger partial charge in [-0.15, -0.1) is 5.10 Å². The average molecular weight is 430 g/mol. The van der Waals surface area contributed by atoms with E-state index >= 15 is 0 Å². The van der Waals surface area contributed by atoms with Crippen LogP contribution in [0.2, 0.25) is 0 Å². The lowest BCUT2D eigenvalue weighted by atomic mass is 9.88. The zero-order valence-corrected chi connectivity index (χ0v) is 17.0. The zero-order valence-electron chi connectivity index (χ0n) is 17.0. The van der Waals surface area contributed by atoms with Crippen molar-refractivity contribution < 1.29 is 27.8 Å². The standard InChI is InChI=1S/C18H28N4O.C2HF3O2/c1-2-15(3-1)21-9-8-16-18(17(21)12-23-11-14-6-7-14)19-20-22(16)10-13-4-5-13;3-2(4,5)1(6)7/h13-15,17H,1-12H2;(H,6,7). The SMILES string of the molecule is C1CC(N2CCc3c(nnn3CC3CC3)C2COCC2CC2)C1.O=C(O)C(F)(F)F. The molecule has 3 fully saturated rings. The molecule has 0 saturated heterocycles. The number of carboxylic acid groups (broad SMARTS) is 1. The van der Waals surface area contributed by atoms with Crippen LogP contribution in [-0.2, 0) is 22.5 Å². The molecule has 1 aromatic rings. The molecular weight excluding hydrogens is 401 g/mol. The monoisotopic (exact) mass is 430 g/mol. The number of aliphatic carboxylic acids is 1. The van der Waals surface area contributed by atoms with E-state index in [4.69, 9.17) is 14.6 Å². The molecule has 4 aliphatic rings. The Kier molecular flexibility index (Phi) is 6.34. The van der Waals surface area contributed by atoms with Crippen molar-refractivity contribution in [3.05, 3.63) is 11.4 Å². The van der Waals surface area contributed by atoms with Gasteiger partial charge >= 0.3 is 12.1 Å². The fourth-order valence-corrected chi connectivity index (χ4v) is 4.06. The van der Waals surface area contributed by atoms with E-state index in [0.29, 0.717) is 6.04 Å². The van der Waals surface area contributed by atoms with E-state index in [0.717, 1.165) is 50.6 Å². The maximum atomic E-state index is 10.6. The lowest BCUT2D eigenvalue weighted by Gasteiger charge is -2.44. The molecule has 1 aromatic heterocycles. The Bertz CT molecular complexity index is 742. The van der Waals surface area contributed by atoms with Gasteiger partial charge in [0.2, 0.25) is 0 Å². The maximum absolute atomic E-state index is 10.6. The highest BCUT2D eigenvalue weighted by Gasteiger charge is 2.39. The molecule has 1 atom stereocenters. The van der Waals surface area contributed by atoms with Crippen molar-refractivity contribution in [3.8, 4) is 0 Å². The van der Waals surface area contributed by atoms with Crippen LogP contribution in [0.1, 0.15) is 62.4 Å². The number of carboxylic acids is 1. The Balaban J connectivity index is 0.000000272. The van der Waals surface area contributed by atoms with Gasteiger partial charge in [0.1, 0.15) is 5.69 Å². The van der Waals surface area contributed by atoms with Gasteiger partial charge in [0, 0.05) is 32.2 Å². The van der Waals surface area contributed by atoms with Crippen molar-refractivity contribution >= 4 is 5.97 Å². The van der Waals surface area contributed by atoms with Crippen molar-refractivity contribution in [2.75, 3.05) is 19.8 Å². The predicted octanol–water partition coefficient (Wildman–Crippen LogP) is 3.20. The van der Waals surface area contributed by atoms with E-state index < -0.39 is 12.1 Å². The highest BCUT2D eigenvalue weighted by molar-refractivity contribution is 5.73. The maximum Gasteiger partial charge on any atom is 0.490 e. The molecule has 0 radical (unpaired) electrons. The van der Waals surface area contributed by atoms with E-state index in [2.05, 4.69) is 19.9 Å². The van der Waals surface area contributed by atoms with Crippen LogP contribution in [0.4, 0.5) is 13.2 Å². The Morgan fingerprint density at radius 3 is 2.30 bits per heavy atom. The summed E-state index contributed by atoms with van der Waals surface area (Å²) in [4.78, 5) is 11.6. The Morgan fingerprint density at radius 2 is 1.77 bits per heavy atom. The van der Waals surface area contributed by atoms with E-state index in [1.807, 2.05) is 0 Å². The molecule has 1 N–H and O–H groups in total. The molecule has 30 heavy (non-hydrogen) atoms. The summed E-state index contributed by atoms with van der Waals surface area (Å²) in [6.45, 7) is 4.00. The molecule has 3 aliphatic carbocycles. The first-order chi connectivity index (χ1) is 14.3. The van der Waals surface area contributed by atoms with Crippen LogP contribution in [0.25, 0.3) is 0 Å². The van der Waals surface area contributed by atoms with Crippen LogP contribution in [0.5, 0.6) is 0 Å². The van der Waals surface area contributed by atoms with Crippen LogP contribution in [0.3, 0.4) is 0 Å². The van der Waals surface area contributed by atoms with Crippen molar-refractivity contribution in [2.24, 2.45) is 11.8 Å². The van der Waals surface area contributed by atoms with Gasteiger partial charge in [0.15, 0.2) is 0 Å². The summed E-state index contributed by atoms with van der Waals surface area (Å²) in [7, 11) is 0. The van der Waals surface area contributed by atoms with Gasteiger partial charge in [0.05, 0.1) is 18.3 Å². The van der Waals surface area contributed by atoms with Gasteiger partial charge in [-0.05, 0) is 50.4 Å². The average Bonchev–Trinajstić information content (AvgIpc) is 3.55. The number of hydrogen-bond donors (Lipinski definition) is 1. The number of nitrogens with zero attached hydrogens (tertiary/aromatic N) is 4. The number of hydrogen-bond acceptors (Lipinski definition) is 5. The molecule has 0 amide bonds. The van der Waals surface area contributed by atoms with Crippen molar-refractivity contribution in [1.29, 1.82) is 0 Å². The van der Waals surface area contributed by atoms with Crippen LogP contribution >= 0.6 is 0 Å². The summed E-state index contributed by atoms with van der Waals surface area (Å²) in [6, 6.07) is 1.10. The van der Waals surface area contributed by atoms with Gasteiger partial charge in [-0.1, -0.05) is 11.6 Å². The molecule has 0 spiro atoms. The first kappa shape index (κ1) is 21.5. The van der Waals surface area contributed by atoms with E-state index in [-0.39, 0.29) is 0 Å². The molecule has 0 bridgehead atoms. The molecular formula is C20H29F3N4O3. The predicted molar refractivity (Wildman–Crippen MR) is 101 cm³/mol. The number of carbonyl (C=O) groups is 1. The van der Waals surface area contributed by atoms with Gasteiger partial charge < -0.3 is 9.84 Å². The normalized spacial score (nSPS) is 24.6. The number of fused-ring (bicyclic) bond motifs is 1. The van der Waals surface area contributed by atoms with Crippen LogP contribution < -0.4 is 0 Å². The minimum Gasteiger partial charge on any atom is -0.475 e. The quantitative estimate of drug-likeness (QED) is 0.716. The smallest absolute Gasteiger partial charge is 0.475 e. The zero-order chi connectivity index (χ0) is 21.3. The third-order valence-corrected chi connectivity index (χ3v) is 6.43. The Hall–Kier alpha value is -1.68. The molecule has 7 nitrogen and oxygen atoms in total. The summed E-state index contributed by atoms with van der Waals surface area (Å²) in [6.07, 6.45) is 5.59. The minimum absolute atomic E-state index is 0.343. The Morgan fingerprint density at radius 1 is 1.10 bits per heavy atom. The first-order valence-electron chi connectivity index (χ1n) is 10.9. The largest absolute Gasteiger partial charge is 0.490 e. The molecule has 5 rings (SSSR count). The molecule has 3 saturated carbocycles. The van der Waals surface area contributed by atoms with Crippen molar-refractivity contribution in [3.63, 3.8) is 0 Å². The van der Waals surface area contributed by atoms with Crippen LogP contribution in [0, 0.1) is 11.8 Å². The summed E-state index contributed by atoms with van der Waals surface area (Å²) in [5, 5.41) is 16.2. The van der Waals surface area contributed by atoms with Gasteiger partial charge in [0.25, 0.3) is 0 Å². The van der Waals surface area contributed by atoms with E-state index in [1.165, 1.54) is 56.3 Å². The molecule has 0 aromatic carbocycles. The number of halogens is 3. The second kappa shape index (κ2) is 8.82. The van der Waals surface area contributed by atoms with Crippen LogP contribution in [0.15, 0.2) is 0 Å². The molecule has 2 heterocycles. The third kappa shape index (κ3) is 5.32. The minimum atomic E-state index is -5.08. The molecule has 1 aliphatic heterocycles. The van der Waals surface area contributed by atoms with Crippen LogP contribution in [-0.4, -0.2) is 62.9 Å². The number of rotatable bonds is 7. The van der Waals surface area contributed by atoms with Crippen molar-refractivity contribution in [1.82, 2.24) is 19.9 Å². The Labute approximate surface area is 173 Å². The van der Waals surface area contributed by atoms with Gasteiger partial charge in [-0.3, -0.25) is 4.90 Å². The molecule has 168 valence electrons. The van der Waals surface area contributed by atoms with E-state index in [1.54, 1.807) is 0 Å². The third-order valence-electron chi connectivity index (χ3n) is 6.43. The van der Waals surface area contributed by atoms with Crippen molar-refractivity contribution in [2.45, 2.75) is 76.2 Å².